The van der Waals surface area contributed by atoms with E-state index < -0.39 is 11.6 Å². The van der Waals surface area contributed by atoms with Gasteiger partial charge < -0.3 is 10.5 Å². The van der Waals surface area contributed by atoms with Crippen LogP contribution in [0.4, 0.5) is 14.6 Å². The van der Waals surface area contributed by atoms with Gasteiger partial charge in [0.05, 0.1) is 7.11 Å². The van der Waals surface area contributed by atoms with E-state index in [2.05, 4.69) is 4.98 Å². The molecule has 0 aliphatic carbocycles. The Hall–Kier alpha value is -3.19. The first kappa shape index (κ1) is 14.2. The number of hydrogen-bond acceptors (Lipinski definition) is 5. The fourth-order valence-corrected chi connectivity index (χ4v) is 1.90. The molecule has 0 fully saturated rings. The molecule has 0 bridgehead atoms. The molecule has 0 amide bonds. The highest BCUT2D eigenvalue weighted by Gasteiger charge is 2.23. The van der Waals surface area contributed by atoms with Crippen LogP contribution in [0.3, 0.4) is 0 Å². The fourth-order valence-electron chi connectivity index (χ4n) is 1.90. The standard InChI is InChI=1S/C14H8F2N4O/c1-21-14-10(6-18)12(9(5-17)13(19)20-14)8-4-7(15)2-3-11(8)16/h2-4H,1H3,(H2,19,20). The molecule has 0 aliphatic rings. The molecular weight excluding hydrogens is 278 g/mol. The second-order valence-electron chi connectivity index (χ2n) is 3.98. The first-order valence-corrected chi connectivity index (χ1v) is 5.66. The smallest absolute Gasteiger partial charge is 0.234 e. The van der Waals surface area contributed by atoms with Crippen molar-refractivity contribution in [3.05, 3.63) is 41.0 Å². The summed E-state index contributed by atoms with van der Waals surface area (Å²) in [5.41, 5.74) is 4.83. The molecule has 0 saturated heterocycles. The Labute approximate surface area is 118 Å². The lowest BCUT2D eigenvalue weighted by Crippen LogP contribution is -2.05. The van der Waals surface area contributed by atoms with Crippen molar-refractivity contribution in [2.75, 3.05) is 12.8 Å². The summed E-state index contributed by atoms with van der Waals surface area (Å²) < 4.78 is 32.3. The van der Waals surface area contributed by atoms with Gasteiger partial charge >= 0.3 is 0 Å². The maximum atomic E-state index is 14.0. The zero-order valence-corrected chi connectivity index (χ0v) is 10.8. The number of methoxy groups -OCH3 is 1. The van der Waals surface area contributed by atoms with Crippen molar-refractivity contribution in [1.82, 2.24) is 4.98 Å². The molecule has 0 aliphatic heterocycles. The zero-order valence-electron chi connectivity index (χ0n) is 10.8. The minimum atomic E-state index is -0.794. The van der Waals surface area contributed by atoms with Crippen LogP contribution in [0.25, 0.3) is 11.1 Å². The lowest BCUT2D eigenvalue weighted by molar-refractivity contribution is 0.397. The van der Waals surface area contributed by atoms with E-state index in [9.17, 15) is 14.0 Å². The highest BCUT2D eigenvalue weighted by molar-refractivity contribution is 5.82. The van der Waals surface area contributed by atoms with Gasteiger partial charge in [0.25, 0.3) is 0 Å². The van der Waals surface area contributed by atoms with Gasteiger partial charge in [-0.1, -0.05) is 0 Å². The van der Waals surface area contributed by atoms with Gasteiger partial charge in [-0.05, 0) is 18.2 Å². The number of rotatable bonds is 2. The number of benzene rings is 1. The number of anilines is 1. The zero-order chi connectivity index (χ0) is 15.6. The summed E-state index contributed by atoms with van der Waals surface area (Å²) in [4.78, 5) is 3.77. The number of hydrogen-bond donors (Lipinski definition) is 1. The molecule has 2 rings (SSSR count). The van der Waals surface area contributed by atoms with Crippen LogP contribution in [0, 0.1) is 34.3 Å². The maximum absolute atomic E-state index is 14.0. The van der Waals surface area contributed by atoms with Crippen molar-refractivity contribution in [3.63, 3.8) is 0 Å². The predicted molar refractivity (Wildman–Crippen MR) is 70.0 cm³/mol. The normalized spacial score (nSPS) is 9.76. The van der Waals surface area contributed by atoms with E-state index in [-0.39, 0.29) is 34.0 Å². The summed E-state index contributed by atoms with van der Waals surface area (Å²) in [6.07, 6.45) is 0. The van der Waals surface area contributed by atoms with E-state index >= 15 is 0 Å². The molecule has 104 valence electrons. The van der Waals surface area contributed by atoms with Crippen molar-refractivity contribution in [2.45, 2.75) is 0 Å². The number of nitrogen functional groups attached to an aromatic ring is 1. The monoisotopic (exact) mass is 286 g/mol. The van der Waals surface area contributed by atoms with Crippen molar-refractivity contribution in [1.29, 1.82) is 10.5 Å². The van der Waals surface area contributed by atoms with Crippen LogP contribution < -0.4 is 10.5 Å². The number of nitrogens with zero attached hydrogens (tertiary/aromatic N) is 3. The van der Waals surface area contributed by atoms with Crippen LogP contribution in [-0.2, 0) is 0 Å². The molecule has 5 nitrogen and oxygen atoms in total. The number of ether oxygens (including phenoxy) is 1. The quantitative estimate of drug-likeness (QED) is 0.914. The third-order valence-electron chi connectivity index (χ3n) is 2.81. The summed E-state index contributed by atoms with van der Waals surface area (Å²) >= 11 is 0. The van der Waals surface area contributed by atoms with Crippen LogP contribution in [-0.4, -0.2) is 12.1 Å². The third-order valence-corrected chi connectivity index (χ3v) is 2.81. The summed E-state index contributed by atoms with van der Waals surface area (Å²) in [6, 6.07) is 6.24. The molecule has 0 radical (unpaired) electrons. The lowest BCUT2D eigenvalue weighted by Gasteiger charge is -2.12. The molecule has 0 atom stereocenters. The van der Waals surface area contributed by atoms with E-state index in [0.29, 0.717) is 0 Å². The van der Waals surface area contributed by atoms with Gasteiger partial charge in [-0.25, -0.2) is 8.78 Å². The number of halogens is 2. The van der Waals surface area contributed by atoms with E-state index in [1.54, 1.807) is 12.1 Å². The highest BCUT2D eigenvalue weighted by Crippen LogP contribution is 2.36. The van der Waals surface area contributed by atoms with E-state index in [1.165, 1.54) is 7.11 Å². The molecule has 0 unspecified atom stereocenters. The topological polar surface area (TPSA) is 95.7 Å². The molecule has 21 heavy (non-hydrogen) atoms. The molecule has 2 N–H and O–H groups in total. The van der Waals surface area contributed by atoms with Crippen molar-refractivity contribution < 1.29 is 13.5 Å². The number of nitrogens with two attached hydrogens (primary N) is 1. The second-order valence-corrected chi connectivity index (χ2v) is 3.98. The average Bonchev–Trinajstić information content (AvgIpc) is 2.48. The maximum Gasteiger partial charge on any atom is 0.234 e. The van der Waals surface area contributed by atoms with Gasteiger partial charge in [-0.2, -0.15) is 15.5 Å². The van der Waals surface area contributed by atoms with Crippen LogP contribution in [0.2, 0.25) is 0 Å². The summed E-state index contributed by atoms with van der Waals surface area (Å²) in [5.74, 6) is -1.90. The number of aromatic nitrogens is 1. The average molecular weight is 286 g/mol. The van der Waals surface area contributed by atoms with E-state index in [4.69, 9.17) is 15.7 Å². The van der Waals surface area contributed by atoms with Gasteiger partial charge in [0.2, 0.25) is 5.88 Å². The Morgan fingerprint density at radius 2 is 1.86 bits per heavy atom. The third kappa shape index (κ3) is 2.33. The van der Waals surface area contributed by atoms with Crippen LogP contribution in [0.5, 0.6) is 5.88 Å². The molecular formula is C14H8F2N4O. The van der Waals surface area contributed by atoms with Crippen LogP contribution in [0.15, 0.2) is 18.2 Å². The molecule has 1 aromatic carbocycles. The van der Waals surface area contributed by atoms with Crippen molar-refractivity contribution in [2.24, 2.45) is 0 Å². The summed E-state index contributed by atoms with van der Waals surface area (Å²) in [6.45, 7) is 0. The van der Waals surface area contributed by atoms with Gasteiger partial charge in [-0.3, -0.25) is 0 Å². The summed E-state index contributed by atoms with van der Waals surface area (Å²) in [7, 11) is 1.25. The minimum absolute atomic E-state index is 0.138. The van der Waals surface area contributed by atoms with Crippen LogP contribution >= 0.6 is 0 Å². The molecule has 2 aromatic rings. The van der Waals surface area contributed by atoms with Crippen molar-refractivity contribution >= 4 is 5.82 Å². The SMILES string of the molecule is COc1nc(N)c(C#N)c(-c2cc(F)ccc2F)c1C#N. The van der Waals surface area contributed by atoms with Gasteiger partial charge in [0.15, 0.2) is 0 Å². The molecule has 7 heteroatoms. The van der Waals surface area contributed by atoms with Gasteiger partial charge in [-0.15, -0.1) is 0 Å². The Kier molecular flexibility index (Phi) is 3.68. The minimum Gasteiger partial charge on any atom is -0.480 e. The van der Waals surface area contributed by atoms with Crippen LogP contribution in [0.1, 0.15) is 11.1 Å². The van der Waals surface area contributed by atoms with E-state index in [1.807, 2.05) is 0 Å². The van der Waals surface area contributed by atoms with Gasteiger partial charge in [0, 0.05) is 11.1 Å². The predicted octanol–water partition coefficient (Wildman–Crippen LogP) is 2.36. The first-order valence-electron chi connectivity index (χ1n) is 5.66. The number of nitriles is 2. The molecule has 0 spiro atoms. The molecule has 0 saturated carbocycles. The molecule has 1 heterocycles. The second kappa shape index (κ2) is 5.43. The largest absolute Gasteiger partial charge is 0.480 e. The van der Waals surface area contributed by atoms with Gasteiger partial charge in [0.1, 0.15) is 40.7 Å². The Balaban J connectivity index is 2.97. The van der Waals surface area contributed by atoms with E-state index in [0.717, 1.165) is 18.2 Å². The summed E-state index contributed by atoms with van der Waals surface area (Å²) in [5, 5.41) is 18.4. The van der Waals surface area contributed by atoms with Crippen molar-refractivity contribution in [3.8, 4) is 29.1 Å². The highest BCUT2D eigenvalue weighted by atomic mass is 19.1. The number of pyridine rings is 1. The Bertz CT molecular complexity index is 806. The Morgan fingerprint density at radius 3 is 2.43 bits per heavy atom. The fraction of sp³-hybridized carbons (Fsp3) is 0.0714. The lowest BCUT2D eigenvalue weighted by atomic mass is 9.96. The first-order chi connectivity index (χ1) is 10.0. The Morgan fingerprint density at radius 1 is 1.19 bits per heavy atom. The molecule has 1 aromatic heterocycles.